The van der Waals surface area contributed by atoms with Gasteiger partial charge in [-0.25, -0.2) is 0 Å². The summed E-state index contributed by atoms with van der Waals surface area (Å²) in [6, 6.07) is 12.6. The second kappa shape index (κ2) is 6.63. The molecule has 132 valence electrons. The zero-order valence-corrected chi connectivity index (χ0v) is 14.2. The van der Waals surface area contributed by atoms with Crippen molar-refractivity contribution in [2.45, 2.75) is 25.7 Å². The summed E-state index contributed by atoms with van der Waals surface area (Å²) >= 11 is 0. The predicted octanol–water partition coefficient (Wildman–Crippen LogP) is 2.95. The predicted molar refractivity (Wildman–Crippen MR) is 99.4 cm³/mol. The van der Waals surface area contributed by atoms with E-state index in [1.54, 1.807) is 23.1 Å². The SMILES string of the molecule is O=C1CCc2cc(C(=O)Nc3cccc(N4CCCC4=O)c3)ccc2N1. The molecule has 2 aromatic rings. The Balaban J connectivity index is 1.52. The van der Waals surface area contributed by atoms with E-state index in [0.29, 0.717) is 37.1 Å². The third kappa shape index (κ3) is 3.18. The highest BCUT2D eigenvalue weighted by Gasteiger charge is 2.22. The van der Waals surface area contributed by atoms with Crippen molar-refractivity contribution in [1.82, 2.24) is 0 Å². The fraction of sp³-hybridized carbons (Fsp3) is 0.250. The molecule has 2 N–H and O–H groups in total. The lowest BCUT2D eigenvalue weighted by Gasteiger charge is -2.18. The van der Waals surface area contributed by atoms with Crippen LogP contribution in [0.4, 0.5) is 17.1 Å². The Labute approximate surface area is 151 Å². The Bertz CT molecular complexity index is 907. The lowest BCUT2D eigenvalue weighted by Crippen LogP contribution is -2.23. The van der Waals surface area contributed by atoms with Crippen LogP contribution in [0.25, 0.3) is 0 Å². The van der Waals surface area contributed by atoms with Crippen molar-refractivity contribution in [3.05, 3.63) is 53.6 Å². The van der Waals surface area contributed by atoms with E-state index in [1.807, 2.05) is 24.3 Å². The molecule has 2 aliphatic heterocycles. The van der Waals surface area contributed by atoms with Crippen molar-refractivity contribution < 1.29 is 14.4 Å². The number of rotatable bonds is 3. The lowest BCUT2D eigenvalue weighted by atomic mass is 10.00. The number of benzene rings is 2. The van der Waals surface area contributed by atoms with Crippen LogP contribution in [0, 0.1) is 0 Å². The highest BCUT2D eigenvalue weighted by atomic mass is 16.2. The van der Waals surface area contributed by atoms with Gasteiger partial charge in [0.25, 0.3) is 5.91 Å². The third-order valence-corrected chi connectivity index (χ3v) is 4.75. The molecule has 26 heavy (non-hydrogen) atoms. The second-order valence-corrected chi connectivity index (χ2v) is 6.57. The molecule has 1 fully saturated rings. The molecule has 0 bridgehead atoms. The zero-order valence-electron chi connectivity index (χ0n) is 14.2. The summed E-state index contributed by atoms with van der Waals surface area (Å²) in [6.45, 7) is 0.715. The first-order valence-corrected chi connectivity index (χ1v) is 8.75. The van der Waals surface area contributed by atoms with E-state index >= 15 is 0 Å². The van der Waals surface area contributed by atoms with Gasteiger partial charge in [0.05, 0.1) is 0 Å². The van der Waals surface area contributed by atoms with Gasteiger partial charge in [-0.05, 0) is 54.8 Å². The molecule has 2 heterocycles. The van der Waals surface area contributed by atoms with Crippen LogP contribution >= 0.6 is 0 Å². The summed E-state index contributed by atoms with van der Waals surface area (Å²) in [4.78, 5) is 37.7. The average Bonchev–Trinajstić information content (AvgIpc) is 3.07. The number of nitrogens with one attached hydrogen (secondary N) is 2. The first-order valence-electron chi connectivity index (χ1n) is 8.75. The molecule has 0 aromatic heterocycles. The third-order valence-electron chi connectivity index (χ3n) is 4.75. The number of hydrogen-bond donors (Lipinski definition) is 2. The van der Waals surface area contributed by atoms with Crippen molar-refractivity contribution in [2.75, 3.05) is 22.1 Å². The van der Waals surface area contributed by atoms with Crippen LogP contribution in [-0.2, 0) is 16.0 Å². The first kappa shape index (κ1) is 16.3. The van der Waals surface area contributed by atoms with Crippen LogP contribution in [0.5, 0.6) is 0 Å². The number of nitrogens with zero attached hydrogens (tertiary/aromatic N) is 1. The summed E-state index contributed by atoms with van der Waals surface area (Å²) in [5.41, 5.74) is 3.74. The highest BCUT2D eigenvalue weighted by Crippen LogP contribution is 2.26. The summed E-state index contributed by atoms with van der Waals surface area (Å²) in [7, 11) is 0. The van der Waals surface area contributed by atoms with Gasteiger partial charge in [-0.1, -0.05) is 6.07 Å². The van der Waals surface area contributed by atoms with Crippen molar-refractivity contribution in [3.63, 3.8) is 0 Å². The van der Waals surface area contributed by atoms with E-state index in [4.69, 9.17) is 0 Å². The Morgan fingerprint density at radius 1 is 1.04 bits per heavy atom. The number of carbonyl (C=O) groups excluding carboxylic acids is 3. The fourth-order valence-electron chi connectivity index (χ4n) is 3.40. The molecule has 3 amide bonds. The quantitative estimate of drug-likeness (QED) is 0.894. The molecule has 4 rings (SSSR count). The molecule has 0 radical (unpaired) electrons. The average molecular weight is 349 g/mol. The molecule has 1 saturated heterocycles. The van der Waals surface area contributed by atoms with Crippen molar-refractivity contribution >= 4 is 34.8 Å². The van der Waals surface area contributed by atoms with Gasteiger partial charge in [0.15, 0.2) is 0 Å². The van der Waals surface area contributed by atoms with Crippen LogP contribution in [0.1, 0.15) is 35.2 Å². The number of fused-ring (bicyclic) bond motifs is 1. The van der Waals surface area contributed by atoms with E-state index in [2.05, 4.69) is 10.6 Å². The number of anilines is 3. The summed E-state index contributed by atoms with van der Waals surface area (Å²) in [6.07, 6.45) is 2.50. The Morgan fingerprint density at radius 3 is 2.73 bits per heavy atom. The normalized spacial score (nSPS) is 16.2. The van der Waals surface area contributed by atoms with Gasteiger partial charge in [0.2, 0.25) is 11.8 Å². The maximum Gasteiger partial charge on any atom is 0.255 e. The summed E-state index contributed by atoms with van der Waals surface area (Å²) < 4.78 is 0. The number of aryl methyl sites for hydroxylation is 1. The maximum absolute atomic E-state index is 12.6. The van der Waals surface area contributed by atoms with Gasteiger partial charge in [0.1, 0.15) is 0 Å². The second-order valence-electron chi connectivity index (χ2n) is 6.57. The zero-order chi connectivity index (χ0) is 18.1. The van der Waals surface area contributed by atoms with E-state index in [9.17, 15) is 14.4 Å². The van der Waals surface area contributed by atoms with Crippen LogP contribution < -0.4 is 15.5 Å². The van der Waals surface area contributed by atoms with E-state index in [-0.39, 0.29) is 17.7 Å². The van der Waals surface area contributed by atoms with Crippen LogP contribution in [0.2, 0.25) is 0 Å². The molecule has 0 saturated carbocycles. The van der Waals surface area contributed by atoms with Gasteiger partial charge in [0, 0.05) is 42.0 Å². The summed E-state index contributed by atoms with van der Waals surface area (Å²) in [5, 5.41) is 5.70. The molecular weight excluding hydrogens is 330 g/mol. The minimum Gasteiger partial charge on any atom is -0.326 e. The molecule has 6 nitrogen and oxygen atoms in total. The number of hydrogen-bond acceptors (Lipinski definition) is 3. The Kier molecular flexibility index (Phi) is 4.16. The van der Waals surface area contributed by atoms with Gasteiger partial charge in [-0.15, -0.1) is 0 Å². The largest absolute Gasteiger partial charge is 0.326 e. The van der Waals surface area contributed by atoms with E-state index in [0.717, 1.165) is 23.4 Å². The number of amides is 3. The molecule has 0 atom stereocenters. The topological polar surface area (TPSA) is 78.5 Å². The Morgan fingerprint density at radius 2 is 1.92 bits per heavy atom. The minimum absolute atomic E-state index is 0.00276. The molecule has 2 aromatic carbocycles. The highest BCUT2D eigenvalue weighted by molar-refractivity contribution is 6.06. The lowest BCUT2D eigenvalue weighted by molar-refractivity contribution is -0.117. The number of carbonyl (C=O) groups is 3. The van der Waals surface area contributed by atoms with Crippen molar-refractivity contribution in [2.24, 2.45) is 0 Å². The maximum atomic E-state index is 12.6. The van der Waals surface area contributed by atoms with Gasteiger partial charge < -0.3 is 15.5 Å². The van der Waals surface area contributed by atoms with E-state index in [1.165, 1.54) is 0 Å². The van der Waals surface area contributed by atoms with Crippen LogP contribution in [-0.4, -0.2) is 24.3 Å². The standard InChI is InChI=1S/C20H19N3O3/c24-18-9-7-13-11-14(6-8-17(13)22-18)20(26)21-15-3-1-4-16(12-15)23-10-2-5-19(23)25/h1,3-4,6,8,11-12H,2,5,7,9-10H2,(H,21,26)(H,22,24). The minimum atomic E-state index is -0.213. The molecule has 0 aliphatic carbocycles. The smallest absolute Gasteiger partial charge is 0.255 e. The molecule has 0 spiro atoms. The van der Waals surface area contributed by atoms with Gasteiger partial charge in [-0.2, -0.15) is 0 Å². The Hall–Kier alpha value is -3.15. The van der Waals surface area contributed by atoms with Crippen molar-refractivity contribution in [3.8, 4) is 0 Å². The molecule has 2 aliphatic rings. The van der Waals surface area contributed by atoms with Crippen molar-refractivity contribution in [1.29, 1.82) is 0 Å². The summed E-state index contributed by atoms with van der Waals surface area (Å²) in [5.74, 6) is -0.0946. The van der Waals surface area contributed by atoms with Crippen LogP contribution in [0.15, 0.2) is 42.5 Å². The molecular formula is C20H19N3O3. The van der Waals surface area contributed by atoms with E-state index < -0.39 is 0 Å². The monoisotopic (exact) mass is 349 g/mol. The van der Waals surface area contributed by atoms with Crippen LogP contribution in [0.3, 0.4) is 0 Å². The van der Waals surface area contributed by atoms with Gasteiger partial charge >= 0.3 is 0 Å². The first-order chi connectivity index (χ1) is 12.6. The van der Waals surface area contributed by atoms with Gasteiger partial charge in [-0.3, -0.25) is 14.4 Å². The fourth-order valence-corrected chi connectivity index (χ4v) is 3.40. The molecule has 0 unspecified atom stereocenters. The molecule has 6 heteroatoms.